The molecule has 23 heavy (non-hydrogen) atoms. The van der Waals surface area contributed by atoms with E-state index < -0.39 is 5.60 Å². The van der Waals surface area contributed by atoms with Gasteiger partial charge in [-0.15, -0.1) is 0 Å². The summed E-state index contributed by atoms with van der Waals surface area (Å²) < 4.78 is 6.36. The first kappa shape index (κ1) is 20.0. The second-order valence-corrected chi connectivity index (χ2v) is 7.64. The van der Waals surface area contributed by atoms with Crippen LogP contribution in [0.15, 0.2) is 28.7 Å². The summed E-state index contributed by atoms with van der Waals surface area (Å²) in [5.74, 6) is 0. The molecule has 1 amide bonds. The fourth-order valence-corrected chi connectivity index (χ4v) is 2.38. The number of carbonyl (C=O) groups excluding carboxylic acids is 1. The van der Waals surface area contributed by atoms with Crippen molar-refractivity contribution in [2.45, 2.75) is 65.1 Å². The zero-order valence-corrected chi connectivity index (χ0v) is 16.2. The van der Waals surface area contributed by atoms with Gasteiger partial charge < -0.3 is 15.4 Å². The van der Waals surface area contributed by atoms with E-state index in [1.807, 2.05) is 32.9 Å². The lowest BCUT2D eigenvalue weighted by atomic mass is 10.1. The number of ether oxygens (including phenoxy) is 1. The van der Waals surface area contributed by atoms with E-state index in [1.165, 1.54) is 5.56 Å². The van der Waals surface area contributed by atoms with Crippen molar-refractivity contribution in [3.63, 3.8) is 0 Å². The van der Waals surface area contributed by atoms with Crippen molar-refractivity contribution in [1.29, 1.82) is 0 Å². The van der Waals surface area contributed by atoms with Gasteiger partial charge in [-0.3, -0.25) is 0 Å². The van der Waals surface area contributed by atoms with Crippen LogP contribution < -0.4 is 10.6 Å². The van der Waals surface area contributed by atoms with Gasteiger partial charge in [0.1, 0.15) is 5.60 Å². The van der Waals surface area contributed by atoms with Gasteiger partial charge in [-0.05, 0) is 44.9 Å². The van der Waals surface area contributed by atoms with Gasteiger partial charge in [0.25, 0.3) is 0 Å². The van der Waals surface area contributed by atoms with Crippen molar-refractivity contribution in [3.05, 3.63) is 34.3 Å². The molecule has 0 radical (unpaired) electrons. The highest BCUT2D eigenvalue weighted by molar-refractivity contribution is 9.10. The van der Waals surface area contributed by atoms with E-state index in [9.17, 15) is 4.79 Å². The molecule has 0 bridgehead atoms. The van der Waals surface area contributed by atoms with Crippen LogP contribution >= 0.6 is 15.9 Å². The molecular weight excluding hydrogens is 356 g/mol. The summed E-state index contributed by atoms with van der Waals surface area (Å²) in [4.78, 5) is 11.8. The largest absolute Gasteiger partial charge is 0.444 e. The Morgan fingerprint density at radius 3 is 2.48 bits per heavy atom. The maximum Gasteiger partial charge on any atom is 0.407 e. The molecule has 5 heteroatoms. The van der Waals surface area contributed by atoms with Gasteiger partial charge in [0, 0.05) is 23.6 Å². The Labute approximate surface area is 148 Å². The number of unbranched alkanes of at least 4 members (excludes halogenated alkanes) is 1. The highest BCUT2D eigenvalue weighted by Crippen LogP contribution is 2.11. The molecule has 2 N–H and O–H groups in total. The Bertz CT molecular complexity index is 469. The molecule has 0 aromatic heterocycles. The van der Waals surface area contributed by atoms with E-state index in [4.69, 9.17) is 4.74 Å². The predicted molar refractivity (Wildman–Crippen MR) is 98.5 cm³/mol. The van der Waals surface area contributed by atoms with Gasteiger partial charge in [0.15, 0.2) is 0 Å². The van der Waals surface area contributed by atoms with E-state index in [0.29, 0.717) is 6.54 Å². The van der Waals surface area contributed by atoms with Crippen LogP contribution in [-0.4, -0.2) is 24.3 Å². The first-order valence-electron chi connectivity index (χ1n) is 8.25. The fourth-order valence-electron chi connectivity index (χ4n) is 2.11. The summed E-state index contributed by atoms with van der Waals surface area (Å²) in [6, 6.07) is 8.50. The zero-order chi connectivity index (χ0) is 17.3. The summed E-state index contributed by atoms with van der Waals surface area (Å²) in [6.07, 6.45) is 2.95. The maximum atomic E-state index is 11.8. The number of halogens is 1. The Hall–Kier alpha value is -1.07. The molecule has 0 spiro atoms. The second kappa shape index (κ2) is 9.93. The SMILES string of the molecule is CCCCC(CNC(=O)OC(C)(C)C)NCc1ccc(Br)cc1. The van der Waals surface area contributed by atoms with Crippen LogP contribution in [0, 0.1) is 0 Å². The van der Waals surface area contributed by atoms with Crippen molar-refractivity contribution in [1.82, 2.24) is 10.6 Å². The molecule has 1 aromatic rings. The molecule has 130 valence electrons. The minimum atomic E-state index is -0.464. The topological polar surface area (TPSA) is 50.4 Å². The van der Waals surface area contributed by atoms with E-state index in [2.05, 4.69) is 45.6 Å². The Kier molecular flexibility index (Phi) is 8.63. The maximum absolute atomic E-state index is 11.8. The molecule has 0 saturated heterocycles. The van der Waals surface area contributed by atoms with Gasteiger partial charge in [0.2, 0.25) is 0 Å². The Morgan fingerprint density at radius 2 is 1.91 bits per heavy atom. The molecule has 1 aromatic carbocycles. The minimum absolute atomic E-state index is 0.242. The quantitative estimate of drug-likeness (QED) is 0.687. The molecule has 1 unspecified atom stereocenters. The first-order valence-corrected chi connectivity index (χ1v) is 9.04. The van der Waals surface area contributed by atoms with E-state index in [1.54, 1.807) is 0 Å². The van der Waals surface area contributed by atoms with Gasteiger partial charge in [-0.1, -0.05) is 47.8 Å². The lowest BCUT2D eigenvalue weighted by Gasteiger charge is -2.23. The van der Waals surface area contributed by atoms with Crippen molar-refractivity contribution >= 4 is 22.0 Å². The lowest BCUT2D eigenvalue weighted by Crippen LogP contribution is -2.42. The van der Waals surface area contributed by atoms with Crippen LogP contribution in [0.1, 0.15) is 52.5 Å². The normalized spacial score (nSPS) is 12.7. The van der Waals surface area contributed by atoms with Gasteiger partial charge >= 0.3 is 6.09 Å². The lowest BCUT2D eigenvalue weighted by molar-refractivity contribution is 0.0521. The van der Waals surface area contributed by atoms with E-state index in [0.717, 1.165) is 30.3 Å². The number of hydrogen-bond donors (Lipinski definition) is 2. The summed E-state index contributed by atoms with van der Waals surface area (Å²) in [7, 11) is 0. The van der Waals surface area contributed by atoms with E-state index >= 15 is 0 Å². The van der Waals surface area contributed by atoms with E-state index in [-0.39, 0.29) is 12.1 Å². The molecule has 0 aliphatic carbocycles. The molecule has 0 heterocycles. The fraction of sp³-hybridized carbons (Fsp3) is 0.611. The number of alkyl carbamates (subject to hydrolysis) is 1. The molecule has 0 saturated carbocycles. The number of hydrogen-bond acceptors (Lipinski definition) is 3. The van der Waals surface area contributed by atoms with Gasteiger partial charge in [-0.2, -0.15) is 0 Å². The third kappa shape index (κ3) is 9.61. The molecular formula is C18H29BrN2O2. The monoisotopic (exact) mass is 384 g/mol. The number of nitrogens with one attached hydrogen (secondary N) is 2. The molecule has 4 nitrogen and oxygen atoms in total. The van der Waals surface area contributed by atoms with Gasteiger partial charge in [0.05, 0.1) is 0 Å². The summed E-state index contributed by atoms with van der Waals surface area (Å²) >= 11 is 3.44. The molecule has 0 aliphatic rings. The predicted octanol–water partition coefficient (Wildman–Crippen LogP) is 4.62. The Balaban J connectivity index is 2.45. The minimum Gasteiger partial charge on any atom is -0.444 e. The average Bonchev–Trinajstić information content (AvgIpc) is 2.46. The second-order valence-electron chi connectivity index (χ2n) is 6.73. The van der Waals surface area contributed by atoms with Crippen molar-refractivity contribution in [2.24, 2.45) is 0 Å². The van der Waals surface area contributed by atoms with Crippen molar-refractivity contribution in [3.8, 4) is 0 Å². The van der Waals surface area contributed by atoms with Crippen LogP contribution in [-0.2, 0) is 11.3 Å². The Morgan fingerprint density at radius 1 is 1.26 bits per heavy atom. The number of benzene rings is 1. The molecule has 1 rings (SSSR count). The number of carbonyl (C=O) groups is 1. The zero-order valence-electron chi connectivity index (χ0n) is 14.6. The third-order valence-corrected chi connectivity index (χ3v) is 3.83. The highest BCUT2D eigenvalue weighted by Gasteiger charge is 2.17. The number of rotatable bonds is 8. The van der Waals surface area contributed by atoms with Crippen molar-refractivity contribution in [2.75, 3.05) is 6.54 Å². The number of amides is 1. The third-order valence-electron chi connectivity index (χ3n) is 3.31. The first-order chi connectivity index (χ1) is 10.8. The van der Waals surface area contributed by atoms with Crippen LogP contribution in [0.2, 0.25) is 0 Å². The molecule has 1 atom stereocenters. The van der Waals surface area contributed by atoms with Crippen LogP contribution in [0.4, 0.5) is 4.79 Å². The molecule has 0 aliphatic heterocycles. The summed E-state index contributed by atoms with van der Waals surface area (Å²) in [6.45, 7) is 9.14. The van der Waals surface area contributed by atoms with Gasteiger partial charge in [-0.25, -0.2) is 4.79 Å². The summed E-state index contributed by atoms with van der Waals surface area (Å²) in [5, 5.41) is 6.39. The highest BCUT2D eigenvalue weighted by atomic mass is 79.9. The van der Waals surface area contributed by atoms with Crippen LogP contribution in [0.3, 0.4) is 0 Å². The van der Waals surface area contributed by atoms with Crippen LogP contribution in [0.5, 0.6) is 0 Å². The smallest absolute Gasteiger partial charge is 0.407 e. The molecule has 0 fully saturated rings. The van der Waals surface area contributed by atoms with Crippen molar-refractivity contribution < 1.29 is 9.53 Å². The average molecular weight is 385 g/mol. The standard InChI is InChI=1S/C18H29BrN2O2/c1-5-6-7-16(13-21-17(22)23-18(2,3)4)20-12-14-8-10-15(19)11-9-14/h8-11,16,20H,5-7,12-13H2,1-4H3,(H,21,22). The summed E-state index contributed by atoms with van der Waals surface area (Å²) in [5.41, 5.74) is 0.764. The van der Waals surface area contributed by atoms with Crippen LogP contribution in [0.25, 0.3) is 0 Å².